The number of aromatic hydroxyl groups is 1. The molecular weight excluding hydrogens is 624 g/mol. The number of hydrogen-bond acceptors (Lipinski definition) is 15. The molecule has 15 nitrogen and oxygen atoms in total. The number of phenolic OH excluding ortho intramolecular Hbond substituents is 1. The van der Waals surface area contributed by atoms with Crippen LogP contribution in [-0.2, 0) is 23.7 Å². The van der Waals surface area contributed by atoms with Crippen molar-refractivity contribution < 1.29 is 73.6 Å². The summed E-state index contributed by atoms with van der Waals surface area (Å²) in [5.74, 6) is 1.00. The second-order valence-corrected chi connectivity index (χ2v) is 12.3. The Hall–Kier alpha value is -2.80. The quantitative estimate of drug-likeness (QED) is 0.180. The largest absolute Gasteiger partial charge is 0.504 e. The fourth-order valence-electron chi connectivity index (χ4n) is 6.68. The molecule has 15 heteroatoms. The van der Waals surface area contributed by atoms with Crippen molar-refractivity contribution in [1.29, 1.82) is 0 Å². The molecule has 0 amide bonds. The molecule has 0 radical (unpaired) electrons. The van der Waals surface area contributed by atoms with Gasteiger partial charge < -0.3 is 73.6 Å². The second-order valence-electron chi connectivity index (χ2n) is 12.3. The molecule has 14 atom stereocenters. The first-order chi connectivity index (χ1) is 22.5. The van der Waals surface area contributed by atoms with E-state index < -0.39 is 68.0 Å². The summed E-state index contributed by atoms with van der Waals surface area (Å²) in [5, 5.41) is 72.0. The van der Waals surface area contributed by atoms with Gasteiger partial charge in [-0.15, -0.1) is 0 Å². The van der Waals surface area contributed by atoms with Crippen molar-refractivity contribution in [2.75, 3.05) is 34.0 Å². The number of methoxy groups -OCH3 is 2. The summed E-state index contributed by atoms with van der Waals surface area (Å²) in [7, 11) is 2.94. The summed E-state index contributed by atoms with van der Waals surface area (Å²) in [4.78, 5) is 0. The van der Waals surface area contributed by atoms with Crippen LogP contribution >= 0.6 is 0 Å². The van der Waals surface area contributed by atoms with E-state index in [2.05, 4.69) is 0 Å². The Labute approximate surface area is 270 Å². The van der Waals surface area contributed by atoms with Crippen LogP contribution in [0.25, 0.3) is 0 Å². The Morgan fingerprint density at radius 2 is 1.23 bits per heavy atom. The van der Waals surface area contributed by atoms with Gasteiger partial charge in [-0.1, -0.05) is 12.1 Å². The number of fused-ring (bicyclic) bond motifs is 1. The summed E-state index contributed by atoms with van der Waals surface area (Å²) >= 11 is 0. The highest BCUT2D eigenvalue weighted by Crippen LogP contribution is 2.51. The van der Waals surface area contributed by atoms with Crippen LogP contribution in [-0.4, -0.2) is 131 Å². The molecular formula is C32H42O15. The lowest BCUT2D eigenvalue weighted by atomic mass is 9.85. The molecule has 2 aromatic carbocycles. The Morgan fingerprint density at radius 3 is 1.87 bits per heavy atom. The lowest BCUT2D eigenvalue weighted by molar-refractivity contribution is -0.318. The molecule has 4 heterocycles. The highest BCUT2D eigenvalue weighted by atomic mass is 16.7. The van der Waals surface area contributed by atoms with Crippen molar-refractivity contribution in [2.45, 2.75) is 80.5 Å². The van der Waals surface area contributed by atoms with Gasteiger partial charge in [-0.05, 0) is 42.3 Å². The fraction of sp³-hybridized carbons (Fsp3) is 0.625. The first-order valence-electron chi connectivity index (χ1n) is 15.5. The third-order valence-electron chi connectivity index (χ3n) is 9.46. The van der Waals surface area contributed by atoms with Gasteiger partial charge in [-0.2, -0.15) is 0 Å². The molecule has 4 aliphatic heterocycles. The van der Waals surface area contributed by atoms with Crippen LogP contribution in [0.2, 0.25) is 0 Å². The fourth-order valence-corrected chi connectivity index (χ4v) is 6.68. The molecule has 6 rings (SSSR count). The maximum Gasteiger partial charge on any atom is 0.229 e. The van der Waals surface area contributed by atoms with E-state index in [-0.39, 0.29) is 35.5 Å². The normalized spacial score (nSPS) is 40.2. The number of hydrogen-bond donors (Lipinski definition) is 7. The van der Waals surface area contributed by atoms with Crippen molar-refractivity contribution in [2.24, 2.45) is 11.8 Å². The van der Waals surface area contributed by atoms with Crippen LogP contribution in [0.5, 0.6) is 23.0 Å². The number of rotatable bonds is 9. The van der Waals surface area contributed by atoms with Crippen molar-refractivity contribution in [3.63, 3.8) is 0 Å². The monoisotopic (exact) mass is 666 g/mol. The van der Waals surface area contributed by atoms with Crippen molar-refractivity contribution in [3.05, 3.63) is 47.5 Å². The van der Waals surface area contributed by atoms with Crippen LogP contribution in [0, 0.1) is 11.8 Å². The summed E-state index contributed by atoms with van der Waals surface area (Å²) < 4.78 is 45.9. The minimum absolute atomic E-state index is 0.0381. The molecule has 0 spiro atoms. The minimum Gasteiger partial charge on any atom is -0.504 e. The second kappa shape index (κ2) is 14.0. The molecule has 4 aliphatic rings. The first kappa shape index (κ1) is 34.1. The third-order valence-corrected chi connectivity index (χ3v) is 9.46. The summed E-state index contributed by atoms with van der Waals surface area (Å²) in [5.41, 5.74) is 1.70. The van der Waals surface area contributed by atoms with E-state index in [9.17, 15) is 35.7 Å². The summed E-state index contributed by atoms with van der Waals surface area (Å²) in [6, 6.07) is 10.3. The number of ether oxygens (including phenoxy) is 8. The van der Waals surface area contributed by atoms with Gasteiger partial charge in [0.05, 0.1) is 52.4 Å². The highest BCUT2D eigenvalue weighted by molar-refractivity contribution is 5.45. The third kappa shape index (κ3) is 6.50. The van der Waals surface area contributed by atoms with Gasteiger partial charge >= 0.3 is 0 Å². The van der Waals surface area contributed by atoms with Gasteiger partial charge in [0.2, 0.25) is 6.29 Å². The van der Waals surface area contributed by atoms with Crippen LogP contribution < -0.4 is 14.2 Å². The van der Waals surface area contributed by atoms with Crippen molar-refractivity contribution in [1.82, 2.24) is 0 Å². The van der Waals surface area contributed by atoms with Crippen LogP contribution in [0.4, 0.5) is 0 Å². The van der Waals surface area contributed by atoms with Crippen LogP contribution in [0.1, 0.15) is 30.3 Å². The van der Waals surface area contributed by atoms with E-state index >= 15 is 0 Å². The average Bonchev–Trinajstić information content (AvgIpc) is 3.69. The predicted octanol–water partition coefficient (Wildman–Crippen LogP) is -0.485. The average molecular weight is 667 g/mol. The molecule has 0 aromatic heterocycles. The van der Waals surface area contributed by atoms with Crippen LogP contribution in [0.3, 0.4) is 0 Å². The lowest BCUT2D eigenvalue weighted by Gasteiger charge is -2.42. The maximum absolute atomic E-state index is 10.7. The Bertz CT molecular complexity index is 1380. The van der Waals surface area contributed by atoms with Crippen molar-refractivity contribution in [3.8, 4) is 23.0 Å². The standard InChI is InChI=1S/C32H42O15/c1-13-23(34)25(36)27(38)31(45-13)44-12-22-24(35)26(37)28(39)32(47-22)46-19-7-5-15(9-21(19)41-3)30-17-11-42-29(16(17)10-43-30)14-4-6-18(33)20(8-14)40-2/h4-9,13,16-17,22-39H,10-12H2,1-3H3/t13-,16-,17-,22+,23-,24+,25+,26-,27+,28+,29+,30-,31+,32+/m0/s1. The van der Waals surface area contributed by atoms with E-state index in [4.69, 9.17) is 37.9 Å². The lowest BCUT2D eigenvalue weighted by Crippen LogP contribution is -2.61. The molecule has 47 heavy (non-hydrogen) atoms. The van der Waals surface area contributed by atoms with Gasteiger partial charge in [0.15, 0.2) is 29.3 Å². The topological polar surface area (TPSA) is 215 Å². The number of benzene rings is 2. The zero-order valence-corrected chi connectivity index (χ0v) is 26.1. The van der Waals surface area contributed by atoms with Crippen LogP contribution in [0.15, 0.2) is 36.4 Å². The zero-order valence-electron chi connectivity index (χ0n) is 26.1. The molecule has 260 valence electrons. The minimum atomic E-state index is -1.68. The van der Waals surface area contributed by atoms with Gasteiger partial charge in [0.25, 0.3) is 0 Å². The smallest absolute Gasteiger partial charge is 0.229 e. The SMILES string of the molecule is COc1cc([C@H]2OC[C@H]3[C@@H]2CO[C@H]3c2ccc(O[C@@H]3O[C@H](CO[C@@H]4O[C@@H](C)[C@H](O)[C@@H](O)[C@H]4O)[C@@H](O)[C@H](O)[C@H]3O)c(OC)c2)ccc1O. The molecule has 0 bridgehead atoms. The van der Waals surface area contributed by atoms with Gasteiger partial charge in [0.1, 0.15) is 42.7 Å². The van der Waals surface area contributed by atoms with E-state index in [1.165, 1.54) is 21.1 Å². The highest BCUT2D eigenvalue weighted by Gasteiger charge is 2.49. The number of phenols is 1. The summed E-state index contributed by atoms with van der Waals surface area (Å²) in [6.07, 6.45) is -14.8. The first-order valence-corrected chi connectivity index (χ1v) is 15.5. The van der Waals surface area contributed by atoms with Gasteiger partial charge in [-0.25, -0.2) is 0 Å². The van der Waals surface area contributed by atoms with Gasteiger partial charge in [-0.3, -0.25) is 0 Å². The zero-order chi connectivity index (χ0) is 33.6. The molecule has 4 saturated heterocycles. The Kier molecular flexibility index (Phi) is 10.1. The maximum atomic E-state index is 10.7. The molecule has 0 saturated carbocycles. The number of aliphatic hydroxyl groups is 6. The molecule has 7 N–H and O–H groups in total. The molecule has 0 aliphatic carbocycles. The predicted molar refractivity (Wildman–Crippen MR) is 158 cm³/mol. The van der Waals surface area contributed by atoms with Gasteiger partial charge in [0, 0.05) is 11.8 Å². The molecule has 2 aromatic rings. The van der Waals surface area contributed by atoms with E-state index in [0.29, 0.717) is 24.7 Å². The summed E-state index contributed by atoms with van der Waals surface area (Å²) in [6.45, 7) is 1.99. The van der Waals surface area contributed by atoms with E-state index in [0.717, 1.165) is 11.1 Å². The molecule has 4 fully saturated rings. The molecule has 0 unspecified atom stereocenters. The van der Waals surface area contributed by atoms with E-state index in [1.807, 2.05) is 6.07 Å². The Morgan fingerprint density at radius 1 is 0.660 bits per heavy atom. The number of aliphatic hydroxyl groups excluding tert-OH is 6. The Balaban J connectivity index is 1.12. The van der Waals surface area contributed by atoms with E-state index in [1.54, 1.807) is 30.3 Å². The van der Waals surface area contributed by atoms with Crippen molar-refractivity contribution >= 4 is 0 Å².